The van der Waals surface area contributed by atoms with E-state index in [0.29, 0.717) is 0 Å². The van der Waals surface area contributed by atoms with Crippen molar-refractivity contribution in [2.24, 2.45) is 0 Å². The molecule has 150 heavy (non-hydrogen) atoms. The largest absolute Gasteiger partial charge is 0.309 e. The number of nitrogens with zero attached hydrogens (tertiary/aromatic N) is 7. The van der Waals surface area contributed by atoms with Crippen LogP contribution in [0, 0.1) is 0 Å². The Kier molecular flexibility index (Phi) is 21.8. The molecule has 7 aromatic heterocycles. The molecule has 0 fully saturated rings. The summed E-state index contributed by atoms with van der Waals surface area (Å²) in [4.78, 5) is 5.36. The second-order valence-electron chi connectivity index (χ2n) is 38.8. The average Bonchev–Trinajstić information content (AvgIpc) is 1.57. The molecule has 30 aromatic rings. The summed E-state index contributed by atoms with van der Waals surface area (Å²) in [7, 11) is 0. The molecule has 0 amide bonds. The fourth-order valence-corrected chi connectivity index (χ4v) is 23.3. The third kappa shape index (κ3) is 15.4. The second-order valence-corrected chi connectivity index (χ2v) is 38.8. The van der Waals surface area contributed by atoms with Gasteiger partial charge in [-0.05, 0) is 259 Å². The molecule has 0 aliphatic carbocycles. The van der Waals surface area contributed by atoms with E-state index in [1.807, 2.05) is 0 Å². The standard InChI is InChI=1S/2C48H32N2.C47H31N3/c1-3-13-33(14-4-1)35-17-11-19-39(29-35)49-45-23-9-7-21-41(45)43-31-37(25-27-47(43)49)38-26-28-48-44(32-38)42-22-8-10-24-46(42)50(48)40-20-12-18-36(30-40)34-15-5-2-6-16-34;1-3-11-33(12-4-1)35-19-25-39(26-20-35)49-45-17-9-7-15-41(45)43-31-37(23-29-47(43)49)38-24-30-48-44(32-38)42-16-8-10-18-46(42)50(48)40-27-21-36(22-28-40)34-13-5-2-6-14-34;1-4-16-32(17-5-1)34-30-40(33-18-6-2-7-19-33)48-45(31-34)50-42-27-13-11-23-39(42)47-37(25-15-29-44(47)50)36-24-14-28-43-46(36)38-22-10-12-26-41(38)49(43)35-20-8-3-9-21-35/h2*1-32H;1-31H. The molecule has 7 heterocycles. The minimum atomic E-state index is 0.896. The molecule has 0 unspecified atom stereocenters. The summed E-state index contributed by atoms with van der Waals surface area (Å²) < 4.78 is 14.3. The van der Waals surface area contributed by atoms with Crippen molar-refractivity contribution in [1.29, 1.82) is 0 Å². The van der Waals surface area contributed by atoms with Gasteiger partial charge in [-0.2, -0.15) is 0 Å². The van der Waals surface area contributed by atoms with Gasteiger partial charge in [0.25, 0.3) is 0 Å². The first-order valence-electron chi connectivity index (χ1n) is 51.4. The van der Waals surface area contributed by atoms with Crippen molar-refractivity contribution in [3.05, 3.63) is 576 Å². The van der Waals surface area contributed by atoms with Gasteiger partial charge in [-0.1, -0.05) is 406 Å². The van der Waals surface area contributed by atoms with E-state index in [1.165, 1.54) is 198 Å². The number of pyridine rings is 1. The lowest BCUT2D eigenvalue weighted by molar-refractivity contribution is 1.08. The Bertz CT molecular complexity index is 9960. The van der Waals surface area contributed by atoms with Gasteiger partial charge in [0.05, 0.1) is 71.9 Å². The first-order valence-corrected chi connectivity index (χ1v) is 51.4. The zero-order valence-corrected chi connectivity index (χ0v) is 82.0. The van der Waals surface area contributed by atoms with Crippen LogP contribution in [0.15, 0.2) is 576 Å². The Balaban J connectivity index is 0.000000108. The predicted octanol–water partition coefficient (Wildman–Crippen LogP) is 38.0. The average molecular weight is 1910 g/mol. The Morgan fingerprint density at radius 2 is 0.333 bits per heavy atom. The molecule has 0 spiro atoms. The van der Waals surface area contributed by atoms with E-state index in [9.17, 15) is 0 Å². The van der Waals surface area contributed by atoms with Crippen LogP contribution in [-0.4, -0.2) is 32.4 Å². The number of hydrogen-bond acceptors (Lipinski definition) is 1. The van der Waals surface area contributed by atoms with Crippen LogP contribution < -0.4 is 0 Å². The highest BCUT2D eigenvalue weighted by atomic mass is 15.1. The third-order valence-electron chi connectivity index (χ3n) is 30.2. The van der Waals surface area contributed by atoms with E-state index in [4.69, 9.17) is 4.98 Å². The van der Waals surface area contributed by atoms with Crippen molar-refractivity contribution in [3.63, 3.8) is 0 Å². The number of fused-ring (bicyclic) bond motifs is 18. The van der Waals surface area contributed by atoms with Crippen molar-refractivity contribution < 1.29 is 0 Å². The monoisotopic (exact) mass is 1910 g/mol. The van der Waals surface area contributed by atoms with Gasteiger partial charge in [-0.15, -0.1) is 0 Å². The minimum absolute atomic E-state index is 0.896. The molecule has 0 N–H and O–H groups in total. The third-order valence-corrected chi connectivity index (χ3v) is 30.2. The smallest absolute Gasteiger partial charge is 0.138 e. The van der Waals surface area contributed by atoms with Crippen molar-refractivity contribution >= 4 is 131 Å². The number of aromatic nitrogens is 7. The van der Waals surface area contributed by atoms with Crippen molar-refractivity contribution in [3.8, 4) is 135 Å². The van der Waals surface area contributed by atoms with E-state index in [2.05, 4.69) is 604 Å². The quantitative estimate of drug-likeness (QED) is 0.101. The van der Waals surface area contributed by atoms with Crippen LogP contribution in [0.4, 0.5) is 0 Å². The van der Waals surface area contributed by atoms with Crippen LogP contribution in [-0.2, 0) is 0 Å². The molecule has 0 bridgehead atoms. The van der Waals surface area contributed by atoms with E-state index in [1.54, 1.807) is 0 Å². The van der Waals surface area contributed by atoms with Gasteiger partial charge in [-0.25, -0.2) is 4.98 Å². The summed E-state index contributed by atoms with van der Waals surface area (Å²) in [5, 5.41) is 15.0. The maximum absolute atomic E-state index is 5.36. The van der Waals surface area contributed by atoms with Gasteiger partial charge in [0, 0.05) is 98.6 Å². The normalized spacial score (nSPS) is 11.6. The van der Waals surface area contributed by atoms with Crippen LogP contribution in [0.1, 0.15) is 0 Å². The Labute approximate surface area is 867 Å². The van der Waals surface area contributed by atoms with Gasteiger partial charge in [0.15, 0.2) is 0 Å². The Hall–Kier alpha value is -20.0. The Morgan fingerprint density at radius 1 is 0.113 bits per heavy atom. The van der Waals surface area contributed by atoms with Crippen LogP contribution in [0.5, 0.6) is 0 Å². The topological polar surface area (TPSA) is 42.5 Å². The van der Waals surface area contributed by atoms with Gasteiger partial charge in [-0.3, -0.25) is 4.57 Å². The molecule has 7 nitrogen and oxygen atoms in total. The van der Waals surface area contributed by atoms with E-state index < -0.39 is 0 Å². The fraction of sp³-hybridized carbons (Fsp3) is 0. The number of para-hydroxylation sites is 7. The minimum Gasteiger partial charge on any atom is -0.309 e. The number of rotatable bonds is 15. The van der Waals surface area contributed by atoms with E-state index >= 15 is 0 Å². The molecular formula is C143H95N7. The van der Waals surface area contributed by atoms with Crippen LogP contribution in [0.2, 0.25) is 0 Å². The zero-order valence-electron chi connectivity index (χ0n) is 82.0. The maximum atomic E-state index is 5.36. The highest BCUT2D eigenvalue weighted by Crippen LogP contribution is 2.48. The summed E-state index contributed by atoms with van der Waals surface area (Å²) in [5.41, 5.74) is 41.5. The van der Waals surface area contributed by atoms with Crippen LogP contribution in [0.25, 0.3) is 265 Å². The molecule has 23 aromatic carbocycles. The molecular weight excluding hydrogens is 1820 g/mol. The van der Waals surface area contributed by atoms with E-state index in [0.717, 1.165) is 67.7 Å². The fourth-order valence-electron chi connectivity index (χ4n) is 23.3. The second kappa shape index (κ2) is 37.3. The molecule has 0 radical (unpaired) electrons. The molecule has 7 heteroatoms. The lowest BCUT2D eigenvalue weighted by atomic mass is 9.95. The summed E-state index contributed by atoms with van der Waals surface area (Å²) in [6.45, 7) is 0. The summed E-state index contributed by atoms with van der Waals surface area (Å²) in [5.74, 6) is 0.896. The van der Waals surface area contributed by atoms with Crippen LogP contribution in [0.3, 0.4) is 0 Å². The van der Waals surface area contributed by atoms with Crippen molar-refractivity contribution in [2.75, 3.05) is 0 Å². The first kappa shape index (κ1) is 87.8. The van der Waals surface area contributed by atoms with Gasteiger partial charge in [0.2, 0.25) is 0 Å². The summed E-state index contributed by atoms with van der Waals surface area (Å²) in [6, 6.07) is 208. The van der Waals surface area contributed by atoms with E-state index in [-0.39, 0.29) is 0 Å². The Morgan fingerprint density at radius 3 is 0.693 bits per heavy atom. The zero-order chi connectivity index (χ0) is 99.1. The summed E-state index contributed by atoms with van der Waals surface area (Å²) in [6.07, 6.45) is 0. The van der Waals surface area contributed by atoms with Gasteiger partial charge in [0.1, 0.15) is 5.82 Å². The molecule has 0 atom stereocenters. The highest BCUT2D eigenvalue weighted by molar-refractivity contribution is 6.23. The predicted molar refractivity (Wildman–Crippen MR) is 632 cm³/mol. The molecule has 0 aliphatic heterocycles. The summed E-state index contributed by atoms with van der Waals surface area (Å²) >= 11 is 0. The lowest BCUT2D eigenvalue weighted by Gasteiger charge is -2.13. The molecule has 0 saturated heterocycles. The van der Waals surface area contributed by atoms with Crippen LogP contribution >= 0.6 is 0 Å². The SMILES string of the molecule is c1ccc(-c2cc(-c3ccccc3)nc(-n3c4ccccc4c4c(-c5cccc6c5c5ccccc5n6-c5ccccc5)cccc43)c2)cc1.c1ccc(-c2ccc(-n3c4ccccc4c4cc(-c5ccc6c(c5)c5ccccc5n6-c5ccc(-c6ccccc6)cc5)ccc43)cc2)cc1.c1ccc(-c2cccc(-n3c4ccccc4c4cc(-c5ccc6c(c5)c5ccccc5n6-c5cccc(-c6ccccc6)c5)ccc43)c2)cc1. The molecule has 0 saturated carbocycles. The number of benzene rings is 23. The van der Waals surface area contributed by atoms with Gasteiger partial charge < -0.3 is 22.8 Å². The van der Waals surface area contributed by atoms with Crippen molar-refractivity contribution in [1.82, 2.24) is 32.4 Å². The maximum Gasteiger partial charge on any atom is 0.138 e. The van der Waals surface area contributed by atoms with Crippen molar-refractivity contribution in [2.45, 2.75) is 0 Å². The lowest BCUT2D eigenvalue weighted by Crippen LogP contribution is -2.00. The molecule has 0 aliphatic rings. The molecule has 702 valence electrons. The molecule has 30 rings (SSSR count). The van der Waals surface area contributed by atoms with Gasteiger partial charge >= 0.3 is 0 Å². The first-order chi connectivity index (χ1) is 74.4. The highest BCUT2D eigenvalue weighted by Gasteiger charge is 2.26. The number of hydrogen-bond donors (Lipinski definition) is 0.